The molecule has 19 heavy (non-hydrogen) atoms. The first-order valence-corrected chi connectivity index (χ1v) is 6.38. The Morgan fingerprint density at radius 1 is 1.26 bits per heavy atom. The second-order valence-corrected chi connectivity index (χ2v) is 5.73. The highest BCUT2D eigenvalue weighted by molar-refractivity contribution is 7.89. The molecule has 0 fully saturated rings. The van der Waals surface area contributed by atoms with E-state index in [2.05, 4.69) is 0 Å². The molecule has 0 heterocycles. The van der Waals surface area contributed by atoms with Gasteiger partial charge in [0.25, 0.3) is 0 Å². The van der Waals surface area contributed by atoms with Gasteiger partial charge in [0.1, 0.15) is 6.04 Å². The van der Waals surface area contributed by atoms with E-state index in [9.17, 15) is 26.4 Å². The number of benzene rings is 1. The minimum absolute atomic E-state index is 0.290. The maximum Gasteiger partial charge on any atom is 0.321 e. The molecule has 0 aliphatic heterocycles. The van der Waals surface area contributed by atoms with Crippen LogP contribution in [0.15, 0.2) is 17.0 Å². The van der Waals surface area contributed by atoms with Crippen molar-refractivity contribution < 1.29 is 31.5 Å². The number of hydrogen-bond acceptors (Lipinski definition) is 3. The van der Waals surface area contributed by atoms with Crippen LogP contribution in [0.3, 0.4) is 0 Å². The van der Waals surface area contributed by atoms with Gasteiger partial charge in [-0.25, -0.2) is 21.6 Å². The zero-order valence-electron chi connectivity index (χ0n) is 9.89. The molecule has 9 heteroatoms. The molecule has 1 aromatic rings. The van der Waals surface area contributed by atoms with Crippen molar-refractivity contribution in [2.24, 2.45) is 0 Å². The van der Waals surface area contributed by atoms with Crippen LogP contribution < -0.4 is 0 Å². The largest absolute Gasteiger partial charge is 0.480 e. The smallest absolute Gasteiger partial charge is 0.321 e. The van der Waals surface area contributed by atoms with Gasteiger partial charge in [-0.1, -0.05) is 0 Å². The summed E-state index contributed by atoms with van der Waals surface area (Å²) in [5, 5.41) is 8.70. The highest BCUT2D eigenvalue weighted by atomic mass is 32.2. The van der Waals surface area contributed by atoms with Gasteiger partial charge < -0.3 is 5.11 Å². The van der Waals surface area contributed by atoms with E-state index < -0.39 is 44.4 Å². The molecule has 0 saturated heterocycles. The predicted octanol–water partition coefficient (Wildman–Crippen LogP) is 1.20. The zero-order chi connectivity index (χ0) is 15.0. The lowest BCUT2D eigenvalue weighted by Crippen LogP contribution is -2.40. The summed E-state index contributed by atoms with van der Waals surface area (Å²) in [7, 11) is -3.50. The molecule has 0 amide bonds. The molecular formula is C10H10F3NO4S. The summed E-state index contributed by atoms with van der Waals surface area (Å²) in [6, 6.07) is -0.862. The van der Waals surface area contributed by atoms with Gasteiger partial charge in [-0.05, 0) is 19.1 Å². The Bertz CT molecular complexity index is 594. The Balaban J connectivity index is 3.32. The van der Waals surface area contributed by atoms with Crippen molar-refractivity contribution in [3.63, 3.8) is 0 Å². The Morgan fingerprint density at radius 3 is 2.05 bits per heavy atom. The molecule has 0 bridgehead atoms. The molecule has 5 nitrogen and oxygen atoms in total. The van der Waals surface area contributed by atoms with Crippen LogP contribution in [0.5, 0.6) is 0 Å². The molecular weight excluding hydrogens is 287 g/mol. The minimum Gasteiger partial charge on any atom is -0.480 e. The number of rotatable bonds is 4. The summed E-state index contributed by atoms with van der Waals surface area (Å²) >= 11 is 0. The molecule has 0 aromatic heterocycles. The van der Waals surface area contributed by atoms with Crippen molar-refractivity contribution in [1.82, 2.24) is 4.31 Å². The van der Waals surface area contributed by atoms with Crippen LogP contribution in [0.4, 0.5) is 13.2 Å². The Hall–Kier alpha value is -1.61. The van der Waals surface area contributed by atoms with Gasteiger partial charge >= 0.3 is 5.97 Å². The number of nitrogens with zero attached hydrogens (tertiary/aromatic N) is 1. The summed E-state index contributed by atoms with van der Waals surface area (Å²) in [5.41, 5.74) is 0. The Morgan fingerprint density at radius 2 is 1.68 bits per heavy atom. The first-order chi connectivity index (χ1) is 8.59. The van der Waals surface area contributed by atoms with E-state index in [0.717, 1.165) is 14.0 Å². The zero-order valence-corrected chi connectivity index (χ0v) is 10.7. The first-order valence-electron chi connectivity index (χ1n) is 4.94. The van der Waals surface area contributed by atoms with Crippen molar-refractivity contribution in [2.45, 2.75) is 17.9 Å². The van der Waals surface area contributed by atoms with Crippen LogP contribution in [-0.2, 0) is 14.8 Å². The fourth-order valence-corrected chi connectivity index (χ4v) is 2.55. The predicted molar refractivity (Wildman–Crippen MR) is 58.4 cm³/mol. The topological polar surface area (TPSA) is 74.7 Å². The van der Waals surface area contributed by atoms with E-state index in [1.54, 1.807) is 0 Å². The second-order valence-electron chi connectivity index (χ2n) is 3.74. The number of carboxylic acids is 1. The summed E-state index contributed by atoms with van der Waals surface area (Å²) in [6.45, 7) is 1.08. The summed E-state index contributed by atoms with van der Waals surface area (Å²) in [6.07, 6.45) is 0. The Kier molecular flexibility index (Phi) is 4.21. The third-order valence-electron chi connectivity index (χ3n) is 2.54. The van der Waals surface area contributed by atoms with Gasteiger partial charge in [-0.2, -0.15) is 4.31 Å². The number of carboxylic acid groups (broad SMARTS) is 1. The van der Waals surface area contributed by atoms with Crippen LogP contribution in [0.2, 0.25) is 0 Å². The molecule has 1 unspecified atom stereocenters. The normalized spacial score (nSPS) is 13.6. The van der Waals surface area contributed by atoms with Gasteiger partial charge in [-0.15, -0.1) is 0 Å². The van der Waals surface area contributed by atoms with Gasteiger partial charge in [0.2, 0.25) is 10.0 Å². The SMILES string of the molecule is CC(C(=O)O)N(C)S(=O)(=O)c1cc(F)c(F)c(F)c1. The summed E-state index contributed by atoms with van der Waals surface area (Å²) < 4.78 is 62.9. The van der Waals surface area contributed by atoms with Crippen molar-refractivity contribution in [2.75, 3.05) is 7.05 Å². The lowest BCUT2D eigenvalue weighted by molar-refractivity contribution is -0.140. The number of halogens is 3. The van der Waals surface area contributed by atoms with E-state index in [4.69, 9.17) is 5.11 Å². The second kappa shape index (κ2) is 5.17. The van der Waals surface area contributed by atoms with Crippen LogP contribution in [0.25, 0.3) is 0 Å². The van der Waals surface area contributed by atoms with Gasteiger partial charge in [0, 0.05) is 7.05 Å². The maximum absolute atomic E-state index is 13.0. The molecule has 1 aromatic carbocycles. The highest BCUT2D eigenvalue weighted by Gasteiger charge is 2.31. The van der Waals surface area contributed by atoms with Crippen molar-refractivity contribution in [3.05, 3.63) is 29.6 Å². The van der Waals surface area contributed by atoms with E-state index in [1.165, 1.54) is 0 Å². The monoisotopic (exact) mass is 297 g/mol. The molecule has 0 aliphatic carbocycles. The average molecular weight is 297 g/mol. The van der Waals surface area contributed by atoms with Gasteiger partial charge in [0.15, 0.2) is 17.5 Å². The molecule has 1 N–H and O–H groups in total. The van der Waals surface area contributed by atoms with Crippen molar-refractivity contribution >= 4 is 16.0 Å². The summed E-state index contributed by atoms with van der Waals surface area (Å²) in [4.78, 5) is 9.83. The molecule has 0 radical (unpaired) electrons. The Labute approximate surface area is 107 Å². The lowest BCUT2D eigenvalue weighted by Gasteiger charge is -2.21. The maximum atomic E-state index is 13.0. The molecule has 1 rings (SSSR count). The average Bonchev–Trinajstić information content (AvgIpc) is 2.33. The van der Waals surface area contributed by atoms with Crippen molar-refractivity contribution in [3.8, 4) is 0 Å². The number of carbonyl (C=O) groups is 1. The van der Waals surface area contributed by atoms with Gasteiger partial charge in [-0.3, -0.25) is 4.79 Å². The summed E-state index contributed by atoms with van der Waals surface area (Å²) in [5.74, 6) is -6.58. The fraction of sp³-hybridized carbons (Fsp3) is 0.300. The van der Waals surface area contributed by atoms with E-state index >= 15 is 0 Å². The molecule has 0 saturated carbocycles. The molecule has 0 spiro atoms. The van der Waals surface area contributed by atoms with Crippen LogP contribution in [0.1, 0.15) is 6.92 Å². The lowest BCUT2D eigenvalue weighted by atomic mass is 10.3. The van der Waals surface area contributed by atoms with Crippen LogP contribution in [0, 0.1) is 17.5 Å². The standard InChI is InChI=1S/C10H10F3NO4S/c1-5(10(15)16)14(2)19(17,18)6-3-7(11)9(13)8(12)4-6/h3-5H,1-2H3,(H,15,16). The van der Waals surface area contributed by atoms with Crippen molar-refractivity contribution in [1.29, 1.82) is 0 Å². The molecule has 106 valence electrons. The van der Waals surface area contributed by atoms with Gasteiger partial charge in [0.05, 0.1) is 4.90 Å². The minimum atomic E-state index is -4.44. The third kappa shape index (κ3) is 2.87. The fourth-order valence-electron chi connectivity index (χ4n) is 1.21. The third-order valence-corrected chi connectivity index (χ3v) is 4.44. The van der Waals surface area contributed by atoms with E-state index in [0.29, 0.717) is 16.4 Å². The van der Waals surface area contributed by atoms with E-state index in [-0.39, 0.29) is 0 Å². The molecule has 0 aliphatic rings. The van der Waals surface area contributed by atoms with E-state index in [1.807, 2.05) is 0 Å². The van der Waals surface area contributed by atoms with Crippen LogP contribution >= 0.6 is 0 Å². The number of sulfonamides is 1. The highest BCUT2D eigenvalue weighted by Crippen LogP contribution is 2.21. The van der Waals surface area contributed by atoms with Crippen LogP contribution in [-0.4, -0.2) is 36.9 Å². The number of aliphatic carboxylic acids is 1. The quantitative estimate of drug-likeness (QED) is 0.847. The number of likely N-dealkylation sites (N-methyl/N-ethyl adjacent to an activating group) is 1. The number of hydrogen-bond donors (Lipinski definition) is 1. The molecule has 1 atom stereocenters. The first kappa shape index (κ1) is 15.4.